The van der Waals surface area contributed by atoms with Gasteiger partial charge in [0, 0.05) is 42.5 Å². The maximum absolute atomic E-state index is 11.4. The number of H-pyrrole nitrogens is 1. The summed E-state index contributed by atoms with van der Waals surface area (Å²) in [4.78, 5) is 20.4. The van der Waals surface area contributed by atoms with Crippen LogP contribution in [0.25, 0.3) is 11.0 Å². The molecule has 0 unspecified atom stereocenters. The average molecular weight is 323 g/mol. The molecule has 1 aliphatic heterocycles. The minimum absolute atomic E-state index is 0.140. The van der Waals surface area contributed by atoms with Crippen molar-refractivity contribution < 1.29 is 8.42 Å². The van der Waals surface area contributed by atoms with Crippen LogP contribution in [0.5, 0.6) is 0 Å². The average Bonchev–Trinajstić information content (AvgIpc) is 2.45. The van der Waals surface area contributed by atoms with Gasteiger partial charge in [-0.3, -0.25) is 4.79 Å². The van der Waals surface area contributed by atoms with Crippen molar-refractivity contribution in [3.8, 4) is 0 Å². The van der Waals surface area contributed by atoms with Gasteiger partial charge < -0.3 is 9.88 Å². The van der Waals surface area contributed by atoms with Gasteiger partial charge in [-0.15, -0.1) is 0 Å². The van der Waals surface area contributed by atoms with Crippen LogP contribution in [0.1, 0.15) is 12.8 Å². The SMILES string of the molecule is NS(=O)(=O)NC1CCN(c2ccnc3[nH]c(=O)ccc23)CC1. The summed E-state index contributed by atoms with van der Waals surface area (Å²) in [6.07, 6.45) is 3.00. The molecule has 8 nitrogen and oxygen atoms in total. The number of aromatic amines is 1. The molecule has 0 bridgehead atoms. The molecule has 22 heavy (non-hydrogen) atoms. The summed E-state index contributed by atoms with van der Waals surface area (Å²) >= 11 is 0. The van der Waals surface area contributed by atoms with Crippen molar-refractivity contribution >= 4 is 26.9 Å². The number of nitrogens with zero attached hydrogens (tertiary/aromatic N) is 2. The molecule has 118 valence electrons. The van der Waals surface area contributed by atoms with Crippen molar-refractivity contribution in [2.24, 2.45) is 5.14 Å². The summed E-state index contributed by atoms with van der Waals surface area (Å²) in [6.45, 7) is 1.40. The molecule has 1 saturated heterocycles. The van der Waals surface area contributed by atoms with Crippen molar-refractivity contribution in [1.82, 2.24) is 14.7 Å². The Labute approximate surface area is 127 Å². The molecule has 3 heterocycles. The highest BCUT2D eigenvalue weighted by Crippen LogP contribution is 2.26. The van der Waals surface area contributed by atoms with E-state index in [0.29, 0.717) is 31.6 Å². The fraction of sp³-hybridized carbons (Fsp3) is 0.385. The van der Waals surface area contributed by atoms with Crippen LogP contribution < -0.4 is 20.3 Å². The van der Waals surface area contributed by atoms with Crippen LogP contribution in [0, 0.1) is 0 Å². The topological polar surface area (TPSA) is 121 Å². The number of pyridine rings is 2. The Morgan fingerprint density at radius 2 is 2.00 bits per heavy atom. The zero-order chi connectivity index (χ0) is 15.7. The summed E-state index contributed by atoms with van der Waals surface area (Å²) < 4.78 is 24.6. The fourth-order valence-electron chi connectivity index (χ4n) is 2.79. The second-order valence-corrected chi connectivity index (χ2v) is 6.66. The van der Waals surface area contributed by atoms with Crippen molar-refractivity contribution in [2.75, 3.05) is 18.0 Å². The molecule has 0 radical (unpaired) electrons. The van der Waals surface area contributed by atoms with Gasteiger partial charge in [0.2, 0.25) is 5.56 Å². The van der Waals surface area contributed by atoms with E-state index in [1.165, 1.54) is 6.07 Å². The summed E-state index contributed by atoms with van der Waals surface area (Å²) in [5.74, 6) is 0. The van der Waals surface area contributed by atoms with E-state index >= 15 is 0 Å². The van der Waals surface area contributed by atoms with Crippen LogP contribution in [0.4, 0.5) is 5.69 Å². The second-order valence-electron chi connectivity index (χ2n) is 5.34. The van der Waals surface area contributed by atoms with Crippen LogP contribution in [0.15, 0.2) is 29.2 Å². The summed E-state index contributed by atoms with van der Waals surface area (Å²) in [5, 5.41) is 5.88. The highest BCUT2D eigenvalue weighted by atomic mass is 32.2. The molecule has 4 N–H and O–H groups in total. The van der Waals surface area contributed by atoms with E-state index in [-0.39, 0.29) is 11.6 Å². The summed E-state index contributed by atoms with van der Waals surface area (Å²) in [6, 6.07) is 4.99. The molecular weight excluding hydrogens is 306 g/mol. The number of aromatic nitrogens is 2. The van der Waals surface area contributed by atoms with Gasteiger partial charge in [0.05, 0.1) is 0 Å². The first kappa shape index (κ1) is 14.9. The van der Waals surface area contributed by atoms with Crippen LogP contribution in [-0.4, -0.2) is 37.5 Å². The number of nitrogens with one attached hydrogen (secondary N) is 2. The smallest absolute Gasteiger partial charge is 0.274 e. The lowest BCUT2D eigenvalue weighted by Gasteiger charge is -2.34. The monoisotopic (exact) mass is 323 g/mol. The predicted molar refractivity (Wildman–Crippen MR) is 83.8 cm³/mol. The maximum Gasteiger partial charge on any atom is 0.274 e. The third kappa shape index (κ3) is 3.26. The molecule has 2 aromatic heterocycles. The zero-order valence-corrected chi connectivity index (χ0v) is 12.6. The third-order valence-corrected chi connectivity index (χ3v) is 4.44. The first-order chi connectivity index (χ1) is 10.4. The van der Waals surface area contributed by atoms with E-state index in [4.69, 9.17) is 5.14 Å². The minimum atomic E-state index is -3.66. The van der Waals surface area contributed by atoms with E-state index < -0.39 is 10.2 Å². The van der Waals surface area contributed by atoms with Crippen molar-refractivity contribution in [3.63, 3.8) is 0 Å². The lowest BCUT2D eigenvalue weighted by atomic mass is 10.0. The van der Waals surface area contributed by atoms with Gasteiger partial charge in [0.25, 0.3) is 10.2 Å². The molecule has 3 rings (SSSR count). The van der Waals surface area contributed by atoms with Crippen molar-refractivity contribution in [2.45, 2.75) is 18.9 Å². The Kier molecular flexibility index (Phi) is 3.85. The highest BCUT2D eigenvalue weighted by molar-refractivity contribution is 7.87. The van der Waals surface area contributed by atoms with Crippen molar-refractivity contribution in [3.05, 3.63) is 34.7 Å². The van der Waals surface area contributed by atoms with E-state index in [9.17, 15) is 13.2 Å². The number of hydrogen-bond donors (Lipinski definition) is 3. The number of hydrogen-bond acceptors (Lipinski definition) is 5. The molecule has 1 fully saturated rings. The zero-order valence-electron chi connectivity index (χ0n) is 11.8. The number of piperidine rings is 1. The van der Waals surface area contributed by atoms with Gasteiger partial charge in [-0.05, 0) is 25.0 Å². The molecule has 0 spiro atoms. The molecule has 2 aromatic rings. The van der Waals surface area contributed by atoms with Crippen LogP contribution >= 0.6 is 0 Å². The summed E-state index contributed by atoms with van der Waals surface area (Å²) in [5.41, 5.74) is 1.35. The molecule has 0 aromatic carbocycles. The van der Waals surface area contributed by atoms with E-state index in [0.717, 1.165) is 11.1 Å². The second kappa shape index (κ2) is 5.67. The van der Waals surface area contributed by atoms with Gasteiger partial charge in [-0.25, -0.2) is 10.1 Å². The van der Waals surface area contributed by atoms with E-state index in [1.54, 1.807) is 12.3 Å². The Morgan fingerprint density at radius 3 is 2.68 bits per heavy atom. The fourth-order valence-corrected chi connectivity index (χ4v) is 3.49. The molecule has 0 aliphatic carbocycles. The largest absolute Gasteiger partial charge is 0.371 e. The summed E-state index contributed by atoms with van der Waals surface area (Å²) in [7, 11) is -3.66. The predicted octanol–water partition coefficient (Wildman–Crippen LogP) is -0.315. The Morgan fingerprint density at radius 1 is 1.27 bits per heavy atom. The van der Waals surface area contributed by atoms with E-state index in [2.05, 4.69) is 19.6 Å². The highest BCUT2D eigenvalue weighted by Gasteiger charge is 2.23. The van der Waals surface area contributed by atoms with Gasteiger partial charge in [0.1, 0.15) is 5.65 Å². The van der Waals surface area contributed by atoms with Gasteiger partial charge in [0.15, 0.2) is 0 Å². The minimum Gasteiger partial charge on any atom is -0.371 e. The van der Waals surface area contributed by atoms with Crippen LogP contribution in [0.2, 0.25) is 0 Å². The number of rotatable bonds is 3. The van der Waals surface area contributed by atoms with Crippen LogP contribution in [-0.2, 0) is 10.2 Å². The molecule has 0 atom stereocenters. The van der Waals surface area contributed by atoms with Crippen LogP contribution in [0.3, 0.4) is 0 Å². The molecule has 0 amide bonds. The number of fused-ring (bicyclic) bond motifs is 1. The lowest BCUT2D eigenvalue weighted by molar-refractivity contribution is 0.461. The first-order valence-corrected chi connectivity index (χ1v) is 8.50. The van der Waals surface area contributed by atoms with Gasteiger partial charge in [-0.2, -0.15) is 13.1 Å². The van der Waals surface area contributed by atoms with Gasteiger partial charge in [-0.1, -0.05) is 0 Å². The number of nitrogens with two attached hydrogens (primary N) is 1. The van der Waals surface area contributed by atoms with E-state index in [1.807, 2.05) is 6.07 Å². The number of anilines is 1. The first-order valence-electron chi connectivity index (χ1n) is 6.95. The van der Waals surface area contributed by atoms with Crippen molar-refractivity contribution in [1.29, 1.82) is 0 Å². The Balaban J connectivity index is 1.81. The maximum atomic E-state index is 11.4. The third-order valence-electron chi connectivity index (χ3n) is 3.78. The molecule has 1 aliphatic rings. The Bertz CT molecular complexity index is 840. The quantitative estimate of drug-likeness (QED) is 0.715. The standard InChI is InChI=1S/C13H17N5O3S/c14-22(20,21)17-9-4-7-18(8-5-9)11-3-6-15-13-10(11)1-2-12(19)16-13/h1-3,6,9,17H,4-5,7-8H2,(H2,14,20,21)(H,15,16,19). The Hall–Kier alpha value is -1.97. The molecule has 0 saturated carbocycles. The molecule has 9 heteroatoms. The normalized spacial score (nSPS) is 17.0. The lowest BCUT2D eigenvalue weighted by Crippen LogP contribution is -2.46. The van der Waals surface area contributed by atoms with Gasteiger partial charge >= 0.3 is 0 Å². The molecular formula is C13H17N5O3S.